The number of aliphatic carboxylic acids is 1. The molecule has 0 radical (unpaired) electrons. The van der Waals surface area contributed by atoms with Crippen LogP contribution in [0, 0.1) is 0 Å². The smallest absolute Gasteiger partial charge is 0.326 e. The molecular formula is C27H38N2O6S2. The summed E-state index contributed by atoms with van der Waals surface area (Å²) in [6.07, 6.45) is 0.806. The van der Waals surface area contributed by atoms with Crippen molar-refractivity contribution in [1.29, 1.82) is 0 Å². The van der Waals surface area contributed by atoms with Crippen LogP contribution in [0.4, 0.5) is 0 Å². The number of hydrogen-bond acceptors (Lipinski definition) is 6. The third-order valence-corrected chi connectivity index (χ3v) is 8.41. The summed E-state index contributed by atoms with van der Waals surface area (Å²) in [7, 11) is -3.89. The van der Waals surface area contributed by atoms with Crippen LogP contribution in [0.2, 0.25) is 0 Å². The number of amides is 1. The van der Waals surface area contributed by atoms with E-state index in [0.29, 0.717) is 18.4 Å². The van der Waals surface area contributed by atoms with Gasteiger partial charge in [-0.2, -0.15) is 4.31 Å². The third-order valence-electron chi connectivity index (χ3n) is 5.37. The van der Waals surface area contributed by atoms with E-state index in [1.54, 1.807) is 49.4 Å². The molecule has 1 saturated heterocycles. The maximum atomic E-state index is 13.0. The maximum Gasteiger partial charge on any atom is 0.326 e. The monoisotopic (exact) mass is 550 g/mol. The van der Waals surface area contributed by atoms with Crippen molar-refractivity contribution in [2.45, 2.75) is 70.9 Å². The van der Waals surface area contributed by atoms with Gasteiger partial charge in [0.15, 0.2) is 0 Å². The van der Waals surface area contributed by atoms with Crippen LogP contribution in [0.5, 0.6) is 0 Å². The van der Waals surface area contributed by atoms with Gasteiger partial charge in [-0.05, 0) is 23.3 Å². The molecule has 2 N–H and O–H groups in total. The zero-order chi connectivity index (χ0) is 28.0. The molecule has 1 amide bonds. The Kier molecular flexibility index (Phi) is 14.2. The Bertz CT molecular complexity index is 1110. The topological polar surface area (TPSA) is 121 Å². The second-order valence-corrected chi connectivity index (χ2v) is 10.6. The number of Topliss-reactive ketones (excluding diaryl/α,β-unsaturated/α-hetero) is 1. The minimum Gasteiger partial charge on any atom is -0.480 e. The second-order valence-electron chi connectivity index (χ2n) is 7.71. The van der Waals surface area contributed by atoms with Gasteiger partial charge in [-0.3, -0.25) is 9.59 Å². The van der Waals surface area contributed by atoms with Crippen LogP contribution >= 0.6 is 11.8 Å². The van der Waals surface area contributed by atoms with E-state index in [1.807, 2.05) is 27.7 Å². The molecule has 0 aliphatic carbocycles. The fourth-order valence-electron chi connectivity index (χ4n) is 3.45. The highest BCUT2D eigenvalue weighted by Gasteiger charge is 2.41. The summed E-state index contributed by atoms with van der Waals surface area (Å²) in [5.41, 5.74) is 1.52. The fourth-order valence-corrected chi connectivity index (χ4v) is 6.62. The van der Waals surface area contributed by atoms with E-state index >= 15 is 0 Å². The molecule has 2 atom stereocenters. The van der Waals surface area contributed by atoms with Crippen LogP contribution in [-0.2, 0) is 37.2 Å². The number of carboxylic acids is 1. The average Bonchev–Trinajstić information content (AvgIpc) is 3.43. The number of thioether (sulfide) groups is 1. The molecule has 2 aromatic rings. The number of sulfonamides is 1. The van der Waals surface area contributed by atoms with Crippen LogP contribution in [0.3, 0.4) is 0 Å². The van der Waals surface area contributed by atoms with Crippen LogP contribution in [-0.4, -0.2) is 59.2 Å². The fraction of sp³-hybridized carbons (Fsp3) is 0.444. The quantitative estimate of drug-likeness (QED) is 0.456. The van der Waals surface area contributed by atoms with Crippen LogP contribution in [0.1, 0.15) is 52.2 Å². The normalized spacial score (nSPS) is 15.9. The molecule has 8 nitrogen and oxygen atoms in total. The lowest BCUT2D eigenvalue weighted by Crippen LogP contribution is -2.52. The van der Waals surface area contributed by atoms with E-state index in [1.165, 1.54) is 23.9 Å². The molecule has 3 rings (SSSR count). The number of nitrogens with one attached hydrogen (secondary N) is 1. The molecule has 37 heavy (non-hydrogen) atoms. The molecule has 0 aromatic heterocycles. The number of nitrogens with zero attached hydrogens (tertiary/aromatic N) is 1. The van der Waals surface area contributed by atoms with Crippen molar-refractivity contribution < 1.29 is 27.9 Å². The number of ketones is 1. The lowest BCUT2D eigenvalue weighted by Gasteiger charge is -2.24. The number of hydrogen-bond donors (Lipinski definition) is 2. The van der Waals surface area contributed by atoms with Gasteiger partial charge in [0, 0.05) is 25.0 Å². The van der Waals surface area contributed by atoms with Gasteiger partial charge in [0.2, 0.25) is 15.9 Å². The highest BCUT2D eigenvalue weighted by molar-refractivity contribution is 8.00. The van der Waals surface area contributed by atoms with Crippen molar-refractivity contribution in [3.05, 3.63) is 65.7 Å². The molecule has 2 aromatic carbocycles. The van der Waals surface area contributed by atoms with E-state index in [9.17, 15) is 27.9 Å². The van der Waals surface area contributed by atoms with Gasteiger partial charge in [0.05, 0.1) is 10.8 Å². The molecule has 1 aliphatic rings. The van der Waals surface area contributed by atoms with Crippen LogP contribution in [0.25, 0.3) is 0 Å². The number of rotatable bonds is 10. The predicted molar refractivity (Wildman–Crippen MR) is 148 cm³/mol. The number of benzene rings is 2. The van der Waals surface area contributed by atoms with Crippen LogP contribution in [0.15, 0.2) is 59.5 Å². The zero-order valence-electron chi connectivity index (χ0n) is 22.1. The summed E-state index contributed by atoms with van der Waals surface area (Å²) < 4.78 is 27.1. The van der Waals surface area contributed by atoms with Crippen molar-refractivity contribution in [3.8, 4) is 0 Å². The highest BCUT2D eigenvalue weighted by atomic mass is 32.2. The van der Waals surface area contributed by atoms with E-state index in [-0.39, 0.29) is 28.7 Å². The Morgan fingerprint density at radius 3 is 2.11 bits per heavy atom. The Balaban J connectivity index is 0.00000163. The number of carbonyl (C=O) groups is 3. The van der Waals surface area contributed by atoms with E-state index in [4.69, 9.17) is 0 Å². The Morgan fingerprint density at radius 2 is 1.57 bits per heavy atom. The van der Waals surface area contributed by atoms with E-state index in [0.717, 1.165) is 9.87 Å². The molecule has 0 spiro atoms. The molecule has 1 aliphatic heterocycles. The van der Waals surface area contributed by atoms with Gasteiger partial charge < -0.3 is 10.4 Å². The summed E-state index contributed by atoms with van der Waals surface area (Å²) in [5.74, 6) is -1.38. The zero-order valence-corrected chi connectivity index (χ0v) is 23.8. The Labute approximate surface area is 224 Å². The van der Waals surface area contributed by atoms with Crippen molar-refractivity contribution in [2.24, 2.45) is 0 Å². The summed E-state index contributed by atoms with van der Waals surface area (Å²) >= 11 is 1.30. The van der Waals surface area contributed by atoms with Crippen molar-refractivity contribution in [3.63, 3.8) is 0 Å². The average molecular weight is 551 g/mol. The molecular weight excluding hydrogens is 512 g/mol. The standard InChI is InChI=1S/C23H26N2O6S2.2C2H6/c1-2-18(26)12-16-8-10-17(11-9-16)13-20(23(28)29)24-22(27)21-14-32-15-25(21)33(30,31)19-6-4-3-5-7-19;2*1-2/h3-11,20-21H,2,12-15H2,1H3,(H,24,27)(H,28,29);2*1-2H3. The third kappa shape index (κ3) is 9.28. The molecule has 1 fully saturated rings. The van der Waals surface area contributed by atoms with Gasteiger partial charge in [0.1, 0.15) is 17.9 Å². The lowest BCUT2D eigenvalue weighted by molar-refractivity contribution is -0.142. The SMILES string of the molecule is CC.CC.CCC(=O)Cc1ccc(CC(NC(=O)C2CSCN2S(=O)(=O)c2ccccc2)C(=O)O)cc1. The number of carboxylic acid groups (broad SMARTS) is 1. The minimum absolute atomic E-state index is 0.0361. The molecule has 2 unspecified atom stereocenters. The summed E-state index contributed by atoms with van der Waals surface area (Å²) in [4.78, 5) is 36.4. The second kappa shape index (κ2) is 16.2. The van der Waals surface area contributed by atoms with Gasteiger partial charge >= 0.3 is 5.97 Å². The Morgan fingerprint density at radius 1 is 1.00 bits per heavy atom. The van der Waals surface area contributed by atoms with Gasteiger partial charge in [0.25, 0.3) is 0 Å². The molecule has 0 saturated carbocycles. The summed E-state index contributed by atoms with van der Waals surface area (Å²) in [6, 6.07) is 12.6. The maximum absolute atomic E-state index is 13.0. The Hall–Kier alpha value is -2.69. The first-order valence-corrected chi connectivity index (χ1v) is 15.1. The minimum atomic E-state index is -3.89. The van der Waals surface area contributed by atoms with Gasteiger partial charge in [-0.25, -0.2) is 13.2 Å². The lowest BCUT2D eigenvalue weighted by atomic mass is 10.0. The van der Waals surface area contributed by atoms with Crippen molar-refractivity contribution in [1.82, 2.24) is 9.62 Å². The largest absolute Gasteiger partial charge is 0.480 e. The highest BCUT2D eigenvalue weighted by Crippen LogP contribution is 2.28. The molecule has 10 heteroatoms. The van der Waals surface area contributed by atoms with E-state index < -0.39 is 34.0 Å². The van der Waals surface area contributed by atoms with Gasteiger partial charge in [-0.15, -0.1) is 11.8 Å². The first-order valence-electron chi connectivity index (χ1n) is 12.5. The molecule has 204 valence electrons. The van der Waals surface area contributed by atoms with Crippen molar-refractivity contribution >= 4 is 39.4 Å². The predicted octanol–water partition coefficient (Wildman–Crippen LogP) is 4.14. The van der Waals surface area contributed by atoms with Gasteiger partial charge in [-0.1, -0.05) is 77.1 Å². The summed E-state index contributed by atoms with van der Waals surface area (Å²) in [6.45, 7) is 9.80. The molecule has 1 heterocycles. The van der Waals surface area contributed by atoms with Crippen LogP contribution < -0.4 is 5.32 Å². The van der Waals surface area contributed by atoms with E-state index in [2.05, 4.69) is 5.32 Å². The number of carbonyl (C=O) groups excluding carboxylic acids is 2. The summed E-state index contributed by atoms with van der Waals surface area (Å²) in [5, 5.41) is 12.1. The first kappa shape index (κ1) is 32.3. The molecule has 0 bridgehead atoms. The van der Waals surface area contributed by atoms with Crippen molar-refractivity contribution in [2.75, 3.05) is 11.6 Å². The first-order chi connectivity index (χ1) is 17.7.